The second-order valence-corrected chi connectivity index (χ2v) is 7.11. The third-order valence-corrected chi connectivity index (χ3v) is 5.34. The van der Waals surface area contributed by atoms with Crippen molar-refractivity contribution in [2.45, 2.75) is 18.9 Å². The van der Waals surface area contributed by atoms with Crippen LogP contribution in [-0.4, -0.2) is 30.5 Å². The van der Waals surface area contributed by atoms with Crippen molar-refractivity contribution in [2.24, 2.45) is 11.8 Å². The van der Waals surface area contributed by atoms with Crippen LogP contribution in [0.1, 0.15) is 24.4 Å². The molecule has 1 aromatic rings. The number of halogens is 1. The molecule has 120 valence electrons. The molecule has 0 bridgehead atoms. The summed E-state index contributed by atoms with van der Waals surface area (Å²) in [5.41, 5.74) is 7.36. The number of carbonyl (C=O) groups excluding carboxylic acids is 1. The first-order valence-electron chi connectivity index (χ1n) is 7.80. The van der Waals surface area contributed by atoms with E-state index in [0.717, 1.165) is 23.8 Å². The van der Waals surface area contributed by atoms with E-state index < -0.39 is 0 Å². The summed E-state index contributed by atoms with van der Waals surface area (Å²) in [6.45, 7) is 1.42. The SMILES string of the molecule is O=C(CSCC1CC1)NCC1CNNC1c1ccc(F)cc1. The Balaban J connectivity index is 1.44. The molecule has 2 fully saturated rings. The van der Waals surface area contributed by atoms with Crippen molar-refractivity contribution in [1.82, 2.24) is 16.2 Å². The molecular weight excluding hydrogens is 301 g/mol. The number of benzene rings is 1. The van der Waals surface area contributed by atoms with E-state index in [1.165, 1.54) is 25.0 Å². The van der Waals surface area contributed by atoms with Crippen LogP contribution in [0.4, 0.5) is 4.39 Å². The van der Waals surface area contributed by atoms with Crippen LogP contribution >= 0.6 is 11.8 Å². The van der Waals surface area contributed by atoms with Crippen molar-refractivity contribution < 1.29 is 9.18 Å². The second-order valence-electron chi connectivity index (χ2n) is 6.08. The zero-order valence-electron chi connectivity index (χ0n) is 12.5. The van der Waals surface area contributed by atoms with Crippen LogP contribution < -0.4 is 16.2 Å². The molecule has 0 aromatic heterocycles. The van der Waals surface area contributed by atoms with Gasteiger partial charge in [-0.3, -0.25) is 10.2 Å². The van der Waals surface area contributed by atoms with Gasteiger partial charge in [-0.15, -0.1) is 0 Å². The normalized spacial score (nSPS) is 24.4. The molecule has 1 aromatic carbocycles. The zero-order chi connectivity index (χ0) is 15.4. The van der Waals surface area contributed by atoms with Crippen LogP contribution in [0.3, 0.4) is 0 Å². The van der Waals surface area contributed by atoms with Crippen LogP contribution in [0, 0.1) is 17.7 Å². The first-order valence-corrected chi connectivity index (χ1v) is 8.96. The summed E-state index contributed by atoms with van der Waals surface area (Å²) >= 11 is 1.73. The van der Waals surface area contributed by atoms with E-state index >= 15 is 0 Å². The fourth-order valence-corrected chi connectivity index (χ4v) is 3.72. The van der Waals surface area contributed by atoms with Gasteiger partial charge in [0.15, 0.2) is 0 Å². The number of hydrogen-bond donors (Lipinski definition) is 3. The van der Waals surface area contributed by atoms with Crippen molar-refractivity contribution in [1.29, 1.82) is 0 Å². The smallest absolute Gasteiger partial charge is 0.230 e. The van der Waals surface area contributed by atoms with E-state index in [2.05, 4.69) is 16.2 Å². The number of hydrogen-bond acceptors (Lipinski definition) is 4. The molecule has 3 rings (SSSR count). The quantitative estimate of drug-likeness (QED) is 0.717. The van der Waals surface area contributed by atoms with E-state index in [1.54, 1.807) is 23.9 Å². The van der Waals surface area contributed by atoms with Gasteiger partial charge >= 0.3 is 0 Å². The van der Waals surface area contributed by atoms with Gasteiger partial charge in [0, 0.05) is 19.0 Å². The molecular formula is C16H22FN3OS. The lowest BCUT2D eigenvalue weighted by molar-refractivity contribution is -0.118. The first-order chi connectivity index (χ1) is 10.7. The van der Waals surface area contributed by atoms with Crippen LogP contribution in [0.5, 0.6) is 0 Å². The maximum absolute atomic E-state index is 13.0. The van der Waals surface area contributed by atoms with E-state index in [1.807, 2.05) is 0 Å². The molecule has 1 amide bonds. The number of rotatable bonds is 7. The Bertz CT molecular complexity index is 507. The van der Waals surface area contributed by atoms with Gasteiger partial charge in [0.05, 0.1) is 11.8 Å². The van der Waals surface area contributed by atoms with Gasteiger partial charge in [-0.2, -0.15) is 11.8 Å². The van der Waals surface area contributed by atoms with Crippen molar-refractivity contribution >= 4 is 17.7 Å². The van der Waals surface area contributed by atoms with E-state index in [4.69, 9.17) is 0 Å². The molecule has 2 unspecified atom stereocenters. The van der Waals surface area contributed by atoms with E-state index in [0.29, 0.717) is 12.3 Å². The van der Waals surface area contributed by atoms with Gasteiger partial charge in [-0.1, -0.05) is 12.1 Å². The molecule has 0 radical (unpaired) electrons. The maximum Gasteiger partial charge on any atom is 0.230 e. The van der Waals surface area contributed by atoms with Crippen LogP contribution in [0.25, 0.3) is 0 Å². The van der Waals surface area contributed by atoms with Crippen LogP contribution in [-0.2, 0) is 4.79 Å². The Kier molecular flexibility index (Phi) is 5.33. The lowest BCUT2D eigenvalue weighted by Gasteiger charge is -2.19. The van der Waals surface area contributed by atoms with E-state index in [9.17, 15) is 9.18 Å². The lowest BCUT2D eigenvalue weighted by Crippen LogP contribution is -2.33. The lowest BCUT2D eigenvalue weighted by atomic mass is 9.95. The highest BCUT2D eigenvalue weighted by Gasteiger charge is 2.28. The molecule has 1 saturated heterocycles. The first kappa shape index (κ1) is 15.8. The molecule has 1 saturated carbocycles. The minimum atomic E-state index is -0.229. The summed E-state index contributed by atoms with van der Waals surface area (Å²) in [7, 11) is 0. The Hall–Kier alpha value is -1.11. The number of nitrogens with one attached hydrogen (secondary N) is 3. The molecule has 3 N–H and O–H groups in total. The summed E-state index contributed by atoms with van der Waals surface area (Å²) in [6.07, 6.45) is 2.65. The average molecular weight is 323 g/mol. The summed E-state index contributed by atoms with van der Waals surface area (Å²) in [4.78, 5) is 11.9. The van der Waals surface area contributed by atoms with Gasteiger partial charge in [-0.25, -0.2) is 9.82 Å². The average Bonchev–Trinajstić information content (AvgIpc) is 3.22. The minimum absolute atomic E-state index is 0.0972. The zero-order valence-corrected chi connectivity index (χ0v) is 13.3. The summed E-state index contributed by atoms with van der Waals surface area (Å²) in [5, 5.41) is 3.02. The molecule has 6 heteroatoms. The third kappa shape index (κ3) is 4.44. The number of thioether (sulfide) groups is 1. The Morgan fingerprint density at radius 1 is 1.32 bits per heavy atom. The number of hydrazine groups is 1. The van der Waals surface area contributed by atoms with Gasteiger partial charge in [0.2, 0.25) is 5.91 Å². The predicted octanol–water partition coefficient (Wildman–Crippen LogP) is 1.85. The highest BCUT2D eigenvalue weighted by Crippen LogP contribution is 2.32. The van der Waals surface area contributed by atoms with Crippen molar-refractivity contribution in [2.75, 3.05) is 24.6 Å². The number of carbonyl (C=O) groups is 1. The molecule has 0 spiro atoms. The Morgan fingerprint density at radius 3 is 2.82 bits per heavy atom. The van der Waals surface area contributed by atoms with Crippen molar-refractivity contribution in [3.05, 3.63) is 35.6 Å². The fourth-order valence-electron chi connectivity index (χ4n) is 2.65. The topological polar surface area (TPSA) is 53.2 Å². The van der Waals surface area contributed by atoms with Gasteiger partial charge < -0.3 is 5.32 Å². The Morgan fingerprint density at radius 2 is 2.09 bits per heavy atom. The molecule has 1 aliphatic heterocycles. The molecule has 1 aliphatic carbocycles. The standard InChI is InChI=1S/C16H22FN3OS/c17-14-5-3-12(4-6-14)16-13(8-19-20-16)7-18-15(21)10-22-9-11-1-2-11/h3-6,11,13,16,19-20H,1-2,7-10H2,(H,18,21). The Labute approximate surface area is 134 Å². The van der Waals surface area contributed by atoms with Crippen molar-refractivity contribution in [3.8, 4) is 0 Å². The van der Waals surface area contributed by atoms with Crippen LogP contribution in [0.15, 0.2) is 24.3 Å². The maximum atomic E-state index is 13.0. The highest BCUT2D eigenvalue weighted by molar-refractivity contribution is 7.99. The van der Waals surface area contributed by atoms with Crippen molar-refractivity contribution in [3.63, 3.8) is 0 Å². The predicted molar refractivity (Wildman–Crippen MR) is 86.8 cm³/mol. The highest BCUT2D eigenvalue weighted by atomic mass is 32.2. The van der Waals surface area contributed by atoms with E-state index in [-0.39, 0.29) is 23.7 Å². The minimum Gasteiger partial charge on any atom is -0.355 e. The molecule has 2 aliphatic rings. The number of amides is 1. The molecule has 2 atom stereocenters. The van der Waals surface area contributed by atoms with Gasteiger partial charge in [-0.05, 0) is 42.2 Å². The second kappa shape index (κ2) is 7.44. The largest absolute Gasteiger partial charge is 0.355 e. The molecule has 4 nitrogen and oxygen atoms in total. The summed E-state index contributed by atoms with van der Waals surface area (Å²) in [6, 6.07) is 6.62. The summed E-state index contributed by atoms with van der Waals surface area (Å²) < 4.78 is 13.0. The monoisotopic (exact) mass is 323 g/mol. The fraction of sp³-hybridized carbons (Fsp3) is 0.562. The third-order valence-electron chi connectivity index (χ3n) is 4.17. The van der Waals surface area contributed by atoms with Gasteiger partial charge in [0.25, 0.3) is 0 Å². The molecule has 1 heterocycles. The van der Waals surface area contributed by atoms with Gasteiger partial charge in [0.1, 0.15) is 5.82 Å². The van der Waals surface area contributed by atoms with Crippen LogP contribution in [0.2, 0.25) is 0 Å². The summed E-state index contributed by atoms with van der Waals surface area (Å²) in [5.74, 6) is 2.65. The molecule has 22 heavy (non-hydrogen) atoms.